The summed E-state index contributed by atoms with van der Waals surface area (Å²) in [7, 11) is 0. The molecule has 4 nitrogen and oxygen atoms in total. The largest absolute Gasteiger partial charge is 0.360 e. The molecule has 0 fully saturated rings. The summed E-state index contributed by atoms with van der Waals surface area (Å²) in [4.78, 5) is 19.8. The second-order valence-corrected chi connectivity index (χ2v) is 7.97. The molecule has 0 saturated carbocycles. The lowest BCUT2D eigenvalue weighted by Gasteiger charge is -2.08. The zero-order valence-electron chi connectivity index (χ0n) is 15.2. The van der Waals surface area contributed by atoms with Crippen LogP contribution in [0, 0.1) is 5.82 Å². The van der Waals surface area contributed by atoms with Crippen LogP contribution < -0.4 is 5.32 Å². The van der Waals surface area contributed by atoms with Crippen LogP contribution in [0.3, 0.4) is 0 Å². The number of carbonyl (C=O) groups excluding carboxylic acids is 1. The molecule has 0 aliphatic heterocycles. The SMILES string of the molecule is O=C(NCc1cc2c(Cl)c[nH]c2cc1F)c1ccnc(Cc2cccc(Br)c2)c1. The van der Waals surface area contributed by atoms with Crippen molar-refractivity contribution in [2.45, 2.75) is 13.0 Å². The second-order valence-electron chi connectivity index (χ2n) is 6.65. The van der Waals surface area contributed by atoms with Gasteiger partial charge in [0.25, 0.3) is 5.91 Å². The third-order valence-electron chi connectivity index (χ3n) is 4.59. The molecular weight excluding hydrogens is 457 g/mol. The molecule has 0 atom stereocenters. The van der Waals surface area contributed by atoms with Crippen LogP contribution in [0.2, 0.25) is 5.02 Å². The van der Waals surface area contributed by atoms with E-state index in [-0.39, 0.29) is 12.5 Å². The third-order valence-corrected chi connectivity index (χ3v) is 5.40. The van der Waals surface area contributed by atoms with Gasteiger partial charge < -0.3 is 10.3 Å². The summed E-state index contributed by atoms with van der Waals surface area (Å²) >= 11 is 9.55. The number of amides is 1. The summed E-state index contributed by atoms with van der Waals surface area (Å²) in [6.45, 7) is 0.0609. The molecule has 4 rings (SSSR count). The van der Waals surface area contributed by atoms with E-state index in [1.165, 1.54) is 6.07 Å². The number of hydrogen-bond donors (Lipinski definition) is 2. The normalized spacial score (nSPS) is 11.0. The Morgan fingerprint density at radius 3 is 2.90 bits per heavy atom. The van der Waals surface area contributed by atoms with Crippen molar-refractivity contribution in [3.8, 4) is 0 Å². The van der Waals surface area contributed by atoms with E-state index in [0.29, 0.717) is 28.1 Å². The maximum absolute atomic E-state index is 14.3. The molecule has 7 heteroatoms. The smallest absolute Gasteiger partial charge is 0.251 e. The number of nitrogens with zero attached hydrogens (tertiary/aromatic N) is 1. The molecule has 29 heavy (non-hydrogen) atoms. The predicted octanol–water partition coefficient (Wildman–Crippen LogP) is 5.64. The van der Waals surface area contributed by atoms with Crippen LogP contribution in [0.25, 0.3) is 10.9 Å². The number of carbonyl (C=O) groups is 1. The predicted molar refractivity (Wildman–Crippen MR) is 116 cm³/mol. The Hall–Kier alpha value is -2.70. The summed E-state index contributed by atoms with van der Waals surface area (Å²) in [5, 5.41) is 4.00. The molecule has 146 valence electrons. The van der Waals surface area contributed by atoms with Crippen LogP contribution in [0.15, 0.2) is 65.4 Å². The first-order valence-electron chi connectivity index (χ1n) is 8.92. The quantitative estimate of drug-likeness (QED) is 0.395. The van der Waals surface area contributed by atoms with Gasteiger partial charge in [0.2, 0.25) is 0 Å². The van der Waals surface area contributed by atoms with E-state index >= 15 is 0 Å². The molecule has 2 N–H and O–H groups in total. The minimum atomic E-state index is -0.401. The number of aromatic amines is 1. The van der Waals surface area contributed by atoms with E-state index in [4.69, 9.17) is 11.6 Å². The van der Waals surface area contributed by atoms with Crippen LogP contribution in [-0.2, 0) is 13.0 Å². The molecule has 0 aliphatic carbocycles. The maximum atomic E-state index is 14.3. The molecule has 0 radical (unpaired) electrons. The number of hydrogen-bond acceptors (Lipinski definition) is 2. The third kappa shape index (κ3) is 4.49. The van der Waals surface area contributed by atoms with Crippen molar-refractivity contribution in [2.75, 3.05) is 0 Å². The lowest BCUT2D eigenvalue weighted by atomic mass is 10.1. The number of rotatable bonds is 5. The molecule has 0 spiro atoms. The number of pyridine rings is 1. The summed E-state index contributed by atoms with van der Waals surface area (Å²) in [5.41, 5.74) is 3.33. The van der Waals surface area contributed by atoms with Gasteiger partial charge >= 0.3 is 0 Å². The van der Waals surface area contributed by atoms with Crippen molar-refractivity contribution >= 4 is 44.3 Å². The Kier molecular flexibility index (Phi) is 5.65. The number of aromatic nitrogens is 2. The minimum Gasteiger partial charge on any atom is -0.360 e. The van der Waals surface area contributed by atoms with Crippen molar-refractivity contribution < 1.29 is 9.18 Å². The summed E-state index contributed by atoms with van der Waals surface area (Å²) in [6.07, 6.45) is 3.82. The first kappa shape index (κ1) is 19.6. The highest BCUT2D eigenvalue weighted by Gasteiger charge is 2.12. The fourth-order valence-electron chi connectivity index (χ4n) is 3.14. The van der Waals surface area contributed by atoms with Crippen molar-refractivity contribution in [1.29, 1.82) is 0 Å². The highest BCUT2D eigenvalue weighted by molar-refractivity contribution is 9.10. The lowest BCUT2D eigenvalue weighted by Crippen LogP contribution is -2.23. The molecule has 0 aliphatic rings. The van der Waals surface area contributed by atoms with Crippen LogP contribution in [0.5, 0.6) is 0 Å². The standard InChI is InChI=1S/C22H16BrClFN3O/c23-16-3-1-2-13(6-16)7-17-8-14(4-5-26-17)22(29)28-11-15-9-18-19(24)12-27-21(18)10-20(15)25/h1-6,8-10,12,27H,7,11H2,(H,28,29). The van der Waals surface area contributed by atoms with Gasteiger partial charge in [0.15, 0.2) is 0 Å². The van der Waals surface area contributed by atoms with Crippen LogP contribution >= 0.6 is 27.5 Å². The van der Waals surface area contributed by atoms with Crippen LogP contribution in [0.1, 0.15) is 27.2 Å². The van der Waals surface area contributed by atoms with Crippen molar-refractivity contribution in [3.63, 3.8) is 0 Å². The van der Waals surface area contributed by atoms with Gasteiger partial charge in [-0.1, -0.05) is 39.7 Å². The molecule has 4 aromatic rings. The van der Waals surface area contributed by atoms with Gasteiger partial charge in [-0.15, -0.1) is 0 Å². The van der Waals surface area contributed by atoms with E-state index in [9.17, 15) is 9.18 Å². The van der Waals surface area contributed by atoms with Gasteiger partial charge in [0.1, 0.15) is 5.82 Å². The molecule has 1 amide bonds. The van der Waals surface area contributed by atoms with Gasteiger partial charge in [-0.25, -0.2) is 4.39 Å². The van der Waals surface area contributed by atoms with Gasteiger partial charge in [-0.3, -0.25) is 9.78 Å². The molecule has 2 heterocycles. The van der Waals surface area contributed by atoms with E-state index in [2.05, 4.69) is 31.2 Å². The Labute approximate surface area is 180 Å². The molecule has 2 aromatic heterocycles. The monoisotopic (exact) mass is 471 g/mol. The van der Waals surface area contributed by atoms with Crippen molar-refractivity contribution in [2.24, 2.45) is 0 Å². The van der Waals surface area contributed by atoms with Crippen LogP contribution in [0.4, 0.5) is 4.39 Å². The molecule has 0 saturated heterocycles. The lowest BCUT2D eigenvalue weighted by molar-refractivity contribution is 0.0950. The fourth-order valence-corrected chi connectivity index (χ4v) is 3.80. The number of H-pyrrole nitrogens is 1. The molecule has 0 bridgehead atoms. The number of halogens is 3. The average Bonchev–Trinajstić information content (AvgIpc) is 3.06. The maximum Gasteiger partial charge on any atom is 0.251 e. The van der Waals surface area contributed by atoms with Gasteiger partial charge in [-0.05, 0) is 42.0 Å². The zero-order chi connectivity index (χ0) is 20.4. The first-order chi connectivity index (χ1) is 14.0. The Morgan fingerprint density at radius 1 is 1.21 bits per heavy atom. The topological polar surface area (TPSA) is 57.8 Å². The van der Waals surface area contributed by atoms with E-state index in [0.717, 1.165) is 21.1 Å². The highest BCUT2D eigenvalue weighted by atomic mass is 79.9. The summed E-state index contributed by atoms with van der Waals surface area (Å²) in [5.74, 6) is -0.691. The second kappa shape index (κ2) is 8.35. The number of benzene rings is 2. The number of fused-ring (bicyclic) bond motifs is 1. The van der Waals surface area contributed by atoms with E-state index in [1.807, 2.05) is 24.3 Å². The molecule has 0 unspecified atom stereocenters. The Bertz CT molecular complexity index is 1210. The Morgan fingerprint density at radius 2 is 2.07 bits per heavy atom. The zero-order valence-corrected chi connectivity index (χ0v) is 17.5. The molecular formula is C22H16BrClFN3O. The Balaban J connectivity index is 1.47. The molecule has 2 aromatic carbocycles. The summed E-state index contributed by atoms with van der Waals surface area (Å²) in [6, 6.07) is 14.3. The van der Waals surface area contributed by atoms with E-state index < -0.39 is 5.82 Å². The van der Waals surface area contributed by atoms with Gasteiger partial charge in [0.05, 0.1) is 5.02 Å². The van der Waals surface area contributed by atoms with Gasteiger partial charge in [0, 0.05) is 57.6 Å². The van der Waals surface area contributed by atoms with Crippen molar-refractivity contribution in [1.82, 2.24) is 15.3 Å². The fraction of sp³-hybridized carbons (Fsp3) is 0.0909. The highest BCUT2D eigenvalue weighted by Crippen LogP contribution is 2.25. The van der Waals surface area contributed by atoms with Crippen LogP contribution in [-0.4, -0.2) is 15.9 Å². The first-order valence-corrected chi connectivity index (χ1v) is 10.1. The minimum absolute atomic E-state index is 0.0609. The van der Waals surface area contributed by atoms with Crippen molar-refractivity contribution in [3.05, 3.63) is 98.6 Å². The van der Waals surface area contributed by atoms with E-state index in [1.54, 1.807) is 30.6 Å². The average molecular weight is 473 g/mol. The number of nitrogens with one attached hydrogen (secondary N) is 2. The van der Waals surface area contributed by atoms with Gasteiger partial charge in [-0.2, -0.15) is 0 Å². The summed E-state index contributed by atoms with van der Waals surface area (Å²) < 4.78 is 15.3.